The van der Waals surface area contributed by atoms with E-state index in [0.29, 0.717) is 10.9 Å². The molecule has 2 aromatic rings. The molecular formula is C8H7N5O2S. The lowest BCUT2D eigenvalue weighted by molar-refractivity contribution is 0.321. The second-order valence-corrected chi connectivity index (χ2v) is 3.58. The van der Waals surface area contributed by atoms with Crippen molar-refractivity contribution in [2.24, 2.45) is 5.16 Å². The quantitative estimate of drug-likeness (QED) is 0.255. The highest BCUT2D eigenvalue weighted by molar-refractivity contribution is 7.98. The zero-order valence-electron chi connectivity index (χ0n) is 8.21. The number of oxime groups is 1. The van der Waals surface area contributed by atoms with Gasteiger partial charge in [0.05, 0.1) is 12.4 Å². The number of hydrogen-bond acceptors (Lipinski definition) is 7. The summed E-state index contributed by atoms with van der Waals surface area (Å²) in [4.78, 5) is 26.1. The minimum atomic E-state index is -0.366. The molecule has 0 unspecified atom stereocenters. The normalized spacial score (nSPS) is 11.3. The maximum Gasteiger partial charge on any atom is 0.279 e. The molecule has 2 aromatic heterocycles. The van der Waals surface area contributed by atoms with Crippen molar-refractivity contribution < 1.29 is 5.21 Å². The summed E-state index contributed by atoms with van der Waals surface area (Å²) in [6.07, 6.45) is 4.26. The topological polar surface area (TPSA) is 104 Å². The summed E-state index contributed by atoms with van der Waals surface area (Å²) in [6.45, 7) is 0. The second kappa shape index (κ2) is 4.27. The van der Waals surface area contributed by atoms with Gasteiger partial charge in [0.2, 0.25) is 0 Å². The summed E-state index contributed by atoms with van der Waals surface area (Å²) >= 11 is 1.31. The first-order chi connectivity index (χ1) is 7.74. The van der Waals surface area contributed by atoms with Crippen molar-refractivity contribution in [3.63, 3.8) is 0 Å². The summed E-state index contributed by atoms with van der Waals surface area (Å²) in [5.41, 5.74) is 0.313. The van der Waals surface area contributed by atoms with Gasteiger partial charge in [-0.25, -0.2) is 15.0 Å². The van der Waals surface area contributed by atoms with Crippen molar-refractivity contribution in [2.75, 3.05) is 6.26 Å². The maximum atomic E-state index is 11.6. The van der Waals surface area contributed by atoms with Crippen molar-refractivity contribution in [2.45, 2.75) is 5.16 Å². The van der Waals surface area contributed by atoms with E-state index >= 15 is 0 Å². The van der Waals surface area contributed by atoms with Crippen LogP contribution in [0.2, 0.25) is 0 Å². The van der Waals surface area contributed by atoms with Crippen molar-refractivity contribution in [3.05, 3.63) is 22.2 Å². The molecule has 0 aliphatic rings. The largest absolute Gasteiger partial charge is 0.411 e. The molecular weight excluding hydrogens is 230 g/mol. The van der Waals surface area contributed by atoms with Crippen LogP contribution in [0.4, 0.5) is 0 Å². The molecule has 0 fully saturated rings. The molecule has 16 heavy (non-hydrogen) atoms. The van der Waals surface area contributed by atoms with Crippen LogP contribution in [-0.2, 0) is 0 Å². The predicted molar refractivity (Wildman–Crippen MR) is 59.1 cm³/mol. The Morgan fingerprint density at radius 3 is 3.06 bits per heavy atom. The van der Waals surface area contributed by atoms with Crippen molar-refractivity contribution in [1.82, 2.24) is 19.9 Å². The van der Waals surface area contributed by atoms with Crippen LogP contribution in [-0.4, -0.2) is 37.6 Å². The van der Waals surface area contributed by atoms with E-state index in [1.54, 1.807) is 6.26 Å². The van der Waals surface area contributed by atoms with Gasteiger partial charge in [0.25, 0.3) is 5.56 Å². The van der Waals surface area contributed by atoms with Crippen LogP contribution >= 0.6 is 11.8 Å². The summed E-state index contributed by atoms with van der Waals surface area (Å²) in [5.74, 6) is 0. The third kappa shape index (κ3) is 1.87. The van der Waals surface area contributed by atoms with E-state index in [1.165, 1.54) is 18.0 Å². The van der Waals surface area contributed by atoms with Crippen LogP contribution in [0.1, 0.15) is 5.69 Å². The lowest BCUT2D eigenvalue weighted by atomic mass is 10.4. The number of fused-ring (bicyclic) bond motifs is 1. The Labute approximate surface area is 93.6 Å². The van der Waals surface area contributed by atoms with Gasteiger partial charge < -0.3 is 5.21 Å². The number of rotatable bonds is 2. The number of thioether (sulfide) groups is 1. The highest BCUT2D eigenvalue weighted by Gasteiger charge is 2.06. The minimum Gasteiger partial charge on any atom is -0.411 e. The number of aromatic amines is 1. The minimum absolute atomic E-state index is 0.121. The second-order valence-electron chi connectivity index (χ2n) is 2.79. The van der Waals surface area contributed by atoms with E-state index < -0.39 is 0 Å². The molecule has 82 valence electrons. The molecule has 0 amide bonds. The highest BCUT2D eigenvalue weighted by atomic mass is 32.2. The molecule has 2 N–H and O–H groups in total. The Bertz CT molecular complexity index is 609. The molecule has 0 bridgehead atoms. The van der Waals surface area contributed by atoms with Crippen LogP contribution in [0, 0.1) is 0 Å². The third-order valence-corrected chi connectivity index (χ3v) is 2.38. The highest BCUT2D eigenvalue weighted by Crippen LogP contribution is 2.08. The Balaban J connectivity index is 2.70. The molecule has 2 heterocycles. The van der Waals surface area contributed by atoms with Crippen LogP contribution < -0.4 is 5.56 Å². The first-order valence-electron chi connectivity index (χ1n) is 4.23. The van der Waals surface area contributed by atoms with Crippen molar-refractivity contribution >= 4 is 29.1 Å². The van der Waals surface area contributed by atoms with Crippen LogP contribution in [0.15, 0.2) is 21.3 Å². The zero-order chi connectivity index (χ0) is 11.5. The molecule has 0 aromatic carbocycles. The fourth-order valence-electron chi connectivity index (χ4n) is 1.13. The maximum absolute atomic E-state index is 11.6. The molecule has 0 aliphatic carbocycles. The lowest BCUT2D eigenvalue weighted by Crippen LogP contribution is -2.12. The van der Waals surface area contributed by atoms with Gasteiger partial charge in [-0.2, -0.15) is 0 Å². The monoisotopic (exact) mass is 237 g/mol. The molecule has 0 radical (unpaired) electrons. The molecule has 7 nitrogen and oxygen atoms in total. The Morgan fingerprint density at radius 2 is 2.38 bits per heavy atom. The number of nitrogens with one attached hydrogen (secondary N) is 1. The van der Waals surface area contributed by atoms with Crippen LogP contribution in [0.25, 0.3) is 11.2 Å². The van der Waals surface area contributed by atoms with E-state index in [0.717, 1.165) is 6.21 Å². The Hall–Kier alpha value is -1.96. The number of aromatic nitrogens is 4. The van der Waals surface area contributed by atoms with Crippen LogP contribution in [0.5, 0.6) is 0 Å². The summed E-state index contributed by atoms with van der Waals surface area (Å²) < 4.78 is 0. The average Bonchev–Trinajstić information content (AvgIpc) is 2.30. The van der Waals surface area contributed by atoms with Gasteiger partial charge in [0.1, 0.15) is 5.69 Å². The standard InChI is InChI=1S/C8H7N5O2S/c1-16-8-12-6-5(7(14)13-8)11-4(2-9-6)3-10-15/h2-3,15H,1H3,(H,9,12,13,14)/b10-3+. The van der Waals surface area contributed by atoms with Crippen molar-refractivity contribution in [3.8, 4) is 0 Å². The van der Waals surface area contributed by atoms with Gasteiger partial charge in [-0.1, -0.05) is 16.9 Å². The van der Waals surface area contributed by atoms with E-state index in [-0.39, 0.29) is 16.7 Å². The predicted octanol–water partition coefficient (Wildman–Crippen LogP) is 0.243. The number of nitrogens with zero attached hydrogens (tertiary/aromatic N) is 4. The van der Waals surface area contributed by atoms with Gasteiger partial charge in [0.15, 0.2) is 16.3 Å². The molecule has 0 aliphatic heterocycles. The van der Waals surface area contributed by atoms with Gasteiger partial charge in [-0.05, 0) is 6.26 Å². The van der Waals surface area contributed by atoms with Crippen molar-refractivity contribution in [1.29, 1.82) is 0 Å². The van der Waals surface area contributed by atoms with Gasteiger partial charge >= 0.3 is 0 Å². The SMILES string of the molecule is CSc1nc2ncc(/C=N/O)nc2c(=O)[nH]1. The van der Waals surface area contributed by atoms with Gasteiger partial charge in [-0.3, -0.25) is 9.78 Å². The van der Waals surface area contributed by atoms with Gasteiger partial charge in [0, 0.05) is 0 Å². The van der Waals surface area contributed by atoms with E-state index in [9.17, 15) is 4.79 Å². The number of H-pyrrole nitrogens is 1. The molecule has 0 saturated carbocycles. The first kappa shape index (κ1) is 10.6. The smallest absolute Gasteiger partial charge is 0.279 e. The first-order valence-corrected chi connectivity index (χ1v) is 5.45. The zero-order valence-corrected chi connectivity index (χ0v) is 9.02. The van der Waals surface area contributed by atoms with E-state index in [1.807, 2.05) is 0 Å². The average molecular weight is 237 g/mol. The lowest BCUT2D eigenvalue weighted by Gasteiger charge is -1.98. The third-order valence-electron chi connectivity index (χ3n) is 1.80. The molecule has 0 atom stereocenters. The summed E-state index contributed by atoms with van der Waals surface area (Å²) in [6, 6.07) is 0. The molecule has 0 spiro atoms. The fraction of sp³-hybridized carbons (Fsp3) is 0.125. The molecule has 2 rings (SSSR count). The van der Waals surface area contributed by atoms with E-state index in [2.05, 4.69) is 25.1 Å². The van der Waals surface area contributed by atoms with E-state index in [4.69, 9.17) is 5.21 Å². The number of hydrogen-bond donors (Lipinski definition) is 2. The summed E-state index contributed by atoms with van der Waals surface area (Å²) in [5, 5.41) is 11.6. The van der Waals surface area contributed by atoms with Gasteiger partial charge in [-0.15, -0.1) is 0 Å². The summed E-state index contributed by atoms with van der Waals surface area (Å²) in [7, 11) is 0. The fourth-order valence-corrected chi connectivity index (χ4v) is 1.50. The Morgan fingerprint density at radius 1 is 1.56 bits per heavy atom. The molecule has 8 heteroatoms. The Kier molecular flexibility index (Phi) is 2.82. The molecule has 0 saturated heterocycles. The van der Waals surface area contributed by atoms with Crippen LogP contribution in [0.3, 0.4) is 0 Å².